The first-order chi connectivity index (χ1) is 10.1. The average molecular weight is 321 g/mol. The molecular weight excluding hydrogens is 300 g/mol. The molecule has 1 aromatic heterocycles. The number of anilines is 1. The molecule has 21 heavy (non-hydrogen) atoms. The van der Waals surface area contributed by atoms with Gasteiger partial charge in [0.15, 0.2) is 0 Å². The predicted octanol–water partition coefficient (Wildman–Crippen LogP) is 4.46. The molecule has 1 atom stereocenters. The lowest BCUT2D eigenvalue weighted by Gasteiger charge is -2.28. The van der Waals surface area contributed by atoms with Gasteiger partial charge in [0.25, 0.3) is 0 Å². The molecule has 2 nitrogen and oxygen atoms in total. The topological polar surface area (TPSA) is 29.3 Å². The zero-order chi connectivity index (χ0) is 14.8. The summed E-state index contributed by atoms with van der Waals surface area (Å²) in [5, 5.41) is 2.97. The van der Waals surface area contributed by atoms with Gasteiger partial charge in [0.1, 0.15) is 0 Å². The Kier molecular flexibility index (Phi) is 4.53. The van der Waals surface area contributed by atoms with Crippen molar-refractivity contribution in [2.75, 3.05) is 4.90 Å². The Morgan fingerprint density at radius 1 is 1.33 bits per heavy atom. The van der Waals surface area contributed by atoms with E-state index < -0.39 is 0 Å². The Morgan fingerprint density at radius 2 is 2.14 bits per heavy atom. The van der Waals surface area contributed by atoms with E-state index in [2.05, 4.69) is 28.5 Å². The molecule has 0 aliphatic heterocycles. The Bertz CT molecular complexity index is 591. The lowest BCUT2D eigenvalue weighted by molar-refractivity contribution is 0.726. The van der Waals surface area contributed by atoms with Crippen LogP contribution >= 0.6 is 22.9 Å². The number of hydrogen-bond acceptors (Lipinski definition) is 3. The van der Waals surface area contributed by atoms with Crippen molar-refractivity contribution in [2.24, 2.45) is 5.73 Å². The first kappa shape index (κ1) is 14.9. The molecule has 4 heteroatoms. The summed E-state index contributed by atoms with van der Waals surface area (Å²) in [4.78, 5) is 3.91. The van der Waals surface area contributed by atoms with Crippen LogP contribution in [0.5, 0.6) is 0 Å². The van der Waals surface area contributed by atoms with E-state index in [1.54, 1.807) is 0 Å². The fourth-order valence-corrected chi connectivity index (χ4v) is 3.66. The van der Waals surface area contributed by atoms with Crippen molar-refractivity contribution in [3.8, 4) is 0 Å². The summed E-state index contributed by atoms with van der Waals surface area (Å²) in [6.07, 6.45) is 3.37. The molecule has 1 fully saturated rings. The van der Waals surface area contributed by atoms with Crippen LogP contribution in [0.15, 0.2) is 35.7 Å². The van der Waals surface area contributed by atoms with Crippen molar-refractivity contribution in [2.45, 2.75) is 44.8 Å². The van der Waals surface area contributed by atoms with E-state index >= 15 is 0 Å². The fraction of sp³-hybridized carbons (Fsp3) is 0.412. The van der Waals surface area contributed by atoms with Crippen LogP contribution in [-0.2, 0) is 13.0 Å². The zero-order valence-corrected chi connectivity index (χ0v) is 13.8. The largest absolute Gasteiger partial charge is 0.363 e. The highest BCUT2D eigenvalue weighted by molar-refractivity contribution is 7.09. The SMILES string of the molecule is CC(N)Cc1c(Cl)cccc1N(Cc1cccs1)C1CC1. The molecule has 112 valence electrons. The van der Waals surface area contributed by atoms with Crippen LogP contribution in [0.4, 0.5) is 5.69 Å². The lowest BCUT2D eigenvalue weighted by Crippen LogP contribution is -2.27. The van der Waals surface area contributed by atoms with Crippen LogP contribution in [0.1, 0.15) is 30.2 Å². The Morgan fingerprint density at radius 3 is 2.76 bits per heavy atom. The number of nitrogens with zero attached hydrogens (tertiary/aromatic N) is 1. The molecule has 1 aromatic carbocycles. The Labute approximate surface area is 135 Å². The standard InChI is InChI=1S/C17H21ClN2S/c1-12(19)10-15-16(18)5-2-6-17(15)20(13-7-8-13)11-14-4-3-9-21-14/h2-6,9,12-13H,7-8,10-11,19H2,1H3. The van der Waals surface area contributed by atoms with E-state index in [4.69, 9.17) is 17.3 Å². The maximum atomic E-state index is 6.44. The van der Waals surface area contributed by atoms with E-state index in [1.807, 2.05) is 30.4 Å². The van der Waals surface area contributed by atoms with Crippen LogP contribution < -0.4 is 10.6 Å². The molecule has 0 radical (unpaired) electrons. The van der Waals surface area contributed by atoms with Crippen LogP contribution in [0.2, 0.25) is 5.02 Å². The first-order valence-corrected chi connectivity index (χ1v) is 8.73. The van der Waals surface area contributed by atoms with Crippen molar-refractivity contribution in [1.29, 1.82) is 0 Å². The summed E-state index contributed by atoms with van der Waals surface area (Å²) < 4.78 is 0. The zero-order valence-electron chi connectivity index (χ0n) is 12.3. The summed E-state index contributed by atoms with van der Waals surface area (Å²) in [6, 6.07) is 11.3. The predicted molar refractivity (Wildman–Crippen MR) is 92.3 cm³/mol. The van der Waals surface area contributed by atoms with Gasteiger partial charge in [0.2, 0.25) is 0 Å². The van der Waals surface area contributed by atoms with Crippen molar-refractivity contribution in [3.05, 3.63) is 51.2 Å². The maximum Gasteiger partial charge on any atom is 0.0526 e. The molecule has 1 heterocycles. The molecule has 1 aliphatic rings. The second-order valence-electron chi connectivity index (χ2n) is 5.86. The highest BCUT2D eigenvalue weighted by Crippen LogP contribution is 2.38. The van der Waals surface area contributed by atoms with Gasteiger partial charge in [-0.2, -0.15) is 0 Å². The molecule has 3 rings (SSSR count). The molecular formula is C17H21ClN2S. The highest BCUT2D eigenvalue weighted by Gasteiger charge is 2.31. The number of halogens is 1. The molecule has 0 amide bonds. The van der Waals surface area contributed by atoms with Gasteiger partial charge in [-0.05, 0) is 55.3 Å². The van der Waals surface area contributed by atoms with Gasteiger partial charge in [0, 0.05) is 27.7 Å². The van der Waals surface area contributed by atoms with Crippen LogP contribution in [0, 0.1) is 0 Å². The average Bonchev–Trinajstić information content (AvgIpc) is 3.15. The highest BCUT2D eigenvalue weighted by atomic mass is 35.5. The van der Waals surface area contributed by atoms with Crippen molar-refractivity contribution in [1.82, 2.24) is 0 Å². The molecule has 1 saturated carbocycles. The van der Waals surface area contributed by atoms with Gasteiger partial charge >= 0.3 is 0 Å². The first-order valence-electron chi connectivity index (χ1n) is 7.47. The van der Waals surface area contributed by atoms with E-state index in [1.165, 1.54) is 29.0 Å². The smallest absolute Gasteiger partial charge is 0.0526 e. The maximum absolute atomic E-state index is 6.44. The summed E-state index contributed by atoms with van der Waals surface area (Å²) in [7, 11) is 0. The quantitative estimate of drug-likeness (QED) is 0.851. The minimum atomic E-state index is 0.117. The van der Waals surface area contributed by atoms with E-state index in [-0.39, 0.29) is 6.04 Å². The summed E-state index contributed by atoms with van der Waals surface area (Å²) in [5.41, 5.74) is 8.47. The third-order valence-corrected chi connectivity index (χ3v) is 5.04. The van der Waals surface area contributed by atoms with Crippen molar-refractivity contribution < 1.29 is 0 Å². The Balaban J connectivity index is 1.93. The molecule has 0 saturated heterocycles. The monoisotopic (exact) mass is 320 g/mol. The van der Waals surface area contributed by atoms with Gasteiger partial charge in [-0.1, -0.05) is 23.7 Å². The van der Waals surface area contributed by atoms with Crippen LogP contribution in [-0.4, -0.2) is 12.1 Å². The van der Waals surface area contributed by atoms with Gasteiger partial charge in [-0.3, -0.25) is 0 Å². The second kappa shape index (κ2) is 6.39. The number of rotatable bonds is 6. The number of thiophene rings is 1. The van der Waals surface area contributed by atoms with Gasteiger partial charge in [-0.15, -0.1) is 11.3 Å². The lowest BCUT2D eigenvalue weighted by atomic mass is 10.0. The van der Waals surface area contributed by atoms with Crippen molar-refractivity contribution in [3.63, 3.8) is 0 Å². The Hall–Kier alpha value is -1.03. The van der Waals surface area contributed by atoms with Crippen molar-refractivity contribution >= 4 is 28.6 Å². The van der Waals surface area contributed by atoms with Crippen LogP contribution in [0.25, 0.3) is 0 Å². The van der Waals surface area contributed by atoms with Crippen LogP contribution in [0.3, 0.4) is 0 Å². The number of nitrogens with two attached hydrogens (primary N) is 1. The second-order valence-corrected chi connectivity index (χ2v) is 7.30. The van der Waals surface area contributed by atoms with E-state index in [9.17, 15) is 0 Å². The molecule has 1 unspecified atom stereocenters. The fourth-order valence-electron chi connectivity index (χ4n) is 2.71. The summed E-state index contributed by atoms with van der Waals surface area (Å²) in [5.74, 6) is 0. The van der Waals surface area contributed by atoms with Gasteiger partial charge in [-0.25, -0.2) is 0 Å². The van der Waals surface area contributed by atoms with E-state index in [0.29, 0.717) is 6.04 Å². The van der Waals surface area contributed by atoms with Gasteiger partial charge < -0.3 is 10.6 Å². The normalized spacial score (nSPS) is 16.0. The van der Waals surface area contributed by atoms with Gasteiger partial charge in [0.05, 0.1) is 6.54 Å². The summed E-state index contributed by atoms with van der Waals surface area (Å²) >= 11 is 8.26. The van der Waals surface area contributed by atoms with E-state index in [0.717, 1.165) is 18.0 Å². The minimum Gasteiger partial charge on any atom is -0.363 e. The third kappa shape index (κ3) is 3.60. The molecule has 0 bridgehead atoms. The minimum absolute atomic E-state index is 0.117. The molecule has 2 N–H and O–H groups in total. The molecule has 0 spiro atoms. The summed E-state index contributed by atoms with van der Waals surface area (Å²) in [6.45, 7) is 3.00. The number of benzene rings is 1. The molecule has 2 aromatic rings. The number of hydrogen-bond donors (Lipinski definition) is 1. The molecule has 1 aliphatic carbocycles. The third-order valence-electron chi connectivity index (χ3n) is 3.82.